The van der Waals surface area contributed by atoms with E-state index in [0.29, 0.717) is 33.6 Å². The van der Waals surface area contributed by atoms with Gasteiger partial charge in [0.2, 0.25) is 5.91 Å². The van der Waals surface area contributed by atoms with E-state index in [1.54, 1.807) is 36.5 Å². The van der Waals surface area contributed by atoms with Crippen LogP contribution in [-0.2, 0) is 4.79 Å². The minimum Gasteiger partial charge on any atom is -0.397 e. The molecule has 1 heterocycles. The molecule has 110 valence electrons. The lowest BCUT2D eigenvalue weighted by Crippen LogP contribution is -2.13. The van der Waals surface area contributed by atoms with Crippen LogP contribution in [0.3, 0.4) is 0 Å². The van der Waals surface area contributed by atoms with Crippen molar-refractivity contribution >= 4 is 52.2 Å². The van der Waals surface area contributed by atoms with Crippen molar-refractivity contribution < 1.29 is 4.79 Å². The van der Waals surface area contributed by atoms with Crippen molar-refractivity contribution in [3.8, 4) is 0 Å². The van der Waals surface area contributed by atoms with Crippen LogP contribution in [0.5, 0.6) is 0 Å². The molecule has 0 saturated heterocycles. The standard InChI is InChI=1S/C14H13Cl2N3OS/c15-9-3-4-12(11(17)8-9)19-13(20)5-7-21-14-10(16)2-1-6-18-14/h1-4,6,8H,5,7,17H2,(H,19,20). The summed E-state index contributed by atoms with van der Waals surface area (Å²) in [4.78, 5) is 16.0. The molecule has 2 rings (SSSR count). The van der Waals surface area contributed by atoms with E-state index in [4.69, 9.17) is 28.9 Å². The first-order valence-corrected chi connectivity index (χ1v) is 7.88. The lowest BCUT2D eigenvalue weighted by molar-refractivity contribution is -0.115. The van der Waals surface area contributed by atoms with E-state index in [9.17, 15) is 4.79 Å². The second-order valence-corrected chi connectivity index (χ2v) is 6.10. The number of halogens is 2. The third-order valence-electron chi connectivity index (χ3n) is 2.58. The van der Waals surface area contributed by atoms with E-state index < -0.39 is 0 Å². The summed E-state index contributed by atoms with van der Waals surface area (Å²) in [5.74, 6) is 0.458. The van der Waals surface area contributed by atoms with Crippen LogP contribution in [0.4, 0.5) is 11.4 Å². The average Bonchev–Trinajstić information content (AvgIpc) is 2.44. The van der Waals surface area contributed by atoms with E-state index in [1.807, 2.05) is 0 Å². The maximum absolute atomic E-state index is 11.9. The Morgan fingerprint density at radius 2 is 2.14 bits per heavy atom. The minimum atomic E-state index is -0.122. The molecule has 0 aliphatic heterocycles. The number of rotatable bonds is 5. The molecule has 1 aromatic carbocycles. The SMILES string of the molecule is Nc1cc(Cl)ccc1NC(=O)CCSc1ncccc1Cl. The predicted molar refractivity (Wildman–Crippen MR) is 89.1 cm³/mol. The number of nitrogens with one attached hydrogen (secondary N) is 1. The summed E-state index contributed by atoms with van der Waals surface area (Å²) < 4.78 is 0. The van der Waals surface area contributed by atoms with E-state index >= 15 is 0 Å². The van der Waals surface area contributed by atoms with Gasteiger partial charge in [-0.15, -0.1) is 11.8 Å². The number of pyridine rings is 1. The first-order valence-electron chi connectivity index (χ1n) is 6.14. The number of nitrogen functional groups attached to an aromatic ring is 1. The van der Waals surface area contributed by atoms with Crippen LogP contribution in [0, 0.1) is 0 Å². The van der Waals surface area contributed by atoms with Gasteiger partial charge in [0, 0.05) is 23.4 Å². The molecule has 0 aliphatic rings. The van der Waals surface area contributed by atoms with Crippen molar-refractivity contribution in [1.29, 1.82) is 0 Å². The number of benzene rings is 1. The van der Waals surface area contributed by atoms with Crippen LogP contribution in [-0.4, -0.2) is 16.6 Å². The lowest BCUT2D eigenvalue weighted by atomic mass is 10.2. The van der Waals surface area contributed by atoms with Gasteiger partial charge >= 0.3 is 0 Å². The zero-order valence-electron chi connectivity index (χ0n) is 11.0. The molecule has 1 amide bonds. The molecule has 2 aromatic rings. The maximum atomic E-state index is 11.9. The van der Waals surface area contributed by atoms with Gasteiger partial charge in [0.1, 0.15) is 5.03 Å². The van der Waals surface area contributed by atoms with Crippen molar-refractivity contribution in [1.82, 2.24) is 4.98 Å². The smallest absolute Gasteiger partial charge is 0.225 e. The molecule has 0 saturated carbocycles. The maximum Gasteiger partial charge on any atom is 0.225 e. The van der Waals surface area contributed by atoms with E-state index in [-0.39, 0.29) is 5.91 Å². The van der Waals surface area contributed by atoms with Crippen molar-refractivity contribution in [2.75, 3.05) is 16.8 Å². The predicted octanol–water partition coefficient (Wildman–Crippen LogP) is 4.09. The Kier molecular flexibility index (Phi) is 5.73. The summed E-state index contributed by atoms with van der Waals surface area (Å²) in [5, 5.41) is 4.59. The lowest BCUT2D eigenvalue weighted by Gasteiger charge is -2.08. The second kappa shape index (κ2) is 7.54. The summed E-state index contributed by atoms with van der Waals surface area (Å²) in [5.41, 5.74) is 6.78. The highest BCUT2D eigenvalue weighted by Gasteiger charge is 2.07. The highest BCUT2D eigenvalue weighted by atomic mass is 35.5. The zero-order chi connectivity index (χ0) is 15.2. The van der Waals surface area contributed by atoms with Gasteiger partial charge < -0.3 is 11.1 Å². The van der Waals surface area contributed by atoms with E-state index in [1.165, 1.54) is 11.8 Å². The van der Waals surface area contributed by atoms with Crippen LogP contribution in [0.25, 0.3) is 0 Å². The number of hydrogen-bond donors (Lipinski definition) is 2. The number of hydrogen-bond acceptors (Lipinski definition) is 4. The first-order chi connectivity index (χ1) is 10.1. The minimum absolute atomic E-state index is 0.122. The Hall–Kier alpha value is -1.43. The Morgan fingerprint density at radius 1 is 1.33 bits per heavy atom. The molecule has 21 heavy (non-hydrogen) atoms. The summed E-state index contributed by atoms with van der Waals surface area (Å²) in [6.45, 7) is 0. The molecule has 7 heteroatoms. The summed E-state index contributed by atoms with van der Waals surface area (Å²) >= 11 is 13.2. The summed E-state index contributed by atoms with van der Waals surface area (Å²) in [7, 11) is 0. The molecule has 1 aromatic heterocycles. The van der Waals surface area contributed by atoms with Gasteiger partial charge in [0.05, 0.1) is 16.4 Å². The van der Waals surface area contributed by atoms with Crippen molar-refractivity contribution in [3.05, 3.63) is 46.6 Å². The molecule has 0 radical (unpaired) electrons. The van der Waals surface area contributed by atoms with Crippen molar-refractivity contribution in [3.63, 3.8) is 0 Å². The van der Waals surface area contributed by atoms with Crippen molar-refractivity contribution in [2.24, 2.45) is 0 Å². The molecule has 3 N–H and O–H groups in total. The molecule has 0 atom stereocenters. The van der Waals surface area contributed by atoms with E-state index in [2.05, 4.69) is 10.3 Å². The van der Waals surface area contributed by atoms with E-state index in [0.717, 1.165) is 5.03 Å². The third-order valence-corrected chi connectivity index (χ3v) is 4.24. The van der Waals surface area contributed by atoms with Gasteiger partial charge in [0.15, 0.2) is 0 Å². The number of amides is 1. The molecular weight excluding hydrogens is 329 g/mol. The fourth-order valence-electron chi connectivity index (χ4n) is 1.58. The number of carbonyl (C=O) groups excluding carboxylic acids is 1. The molecule has 0 fully saturated rings. The number of nitrogens with two attached hydrogens (primary N) is 1. The number of carbonyl (C=O) groups is 1. The van der Waals surface area contributed by atoms with Gasteiger partial charge in [-0.3, -0.25) is 4.79 Å². The largest absolute Gasteiger partial charge is 0.397 e. The van der Waals surface area contributed by atoms with Gasteiger partial charge in [-0.1, -0.05) is 23.2 Å². The first kappa shape index (κ1) is 15.9. The fraction of sp³-hybridized carbons (Fsp3) is 0.143. The Morgan fingerprint density at radius 3 is 2.86 bits per heavy atom. The van der Waals surface area contributed by atoms with Gasteiger partial charge in [-0.05, 0) is 30.3 Å². The number of aromatic nitrogens is 1. The average molecular weight is 342 g/mol. The molecule has 4 nitrogen and oxygen atoms in total. The molecule has 0 unspecified atom stereocenters. The fourth-order valence-corrected chi connectivity index (χ4v) is 2.87. The Bertz CT molecular complexity index is 652. The number of nitrogens with zero attached hydrogens (tertiary/aromatic N) is 1. The molecule has 0 aliphatic carbocycles. The van der Waals surface area contributed by atoms with Crippen LogP contribution >= 0.6 is 35.0 Å². The van der Waals surface area contributed by atoms with Crippen LogP contribution < -0.4 is 11.1 Å². The highest BCUT2D eigenvalue weighted by Crippen LogP contribution is 2.25. The monoisotopic (exact) mass is 341 g/mol. The third kappa shape index (κ3) is 4.81. The Labute approximate surface area is 137 Å². The second-order valence-electron chi connectivity index (χ2n) is 4.17. The van der Waals surface area contributed by atoms with Crippen LogP contribution in [0.1, 0.15) is 6.42 Å². The highest BCUT2D eigenvalue weighted by molar-refractivity contribution is 7.99. The summed E-state index contributed by atoms with van der Waals surface area (Å²) in [6, 6.07) is 8.49. The van der Waals surface area contributed by atoms with Gasteiger partial charge in [0.25, 0.3) is 0 Å². The molecule has 0 spiro atoms. The molecule has 0 bridgehead atoms. The quantitative estimate of drug-likeness (QED) is 0.634. The Balaban J connectivity index is 1.84. The molecular formula is C14H13Cl2N3OS. The number of anilines is 2. The van der Waals surface area contributed by atoms with Gasteiger partial charge in [-0.25, -0.2) is 4.98 Å². The number of thioether (sulfide) groups is 1. The van der Waals surface area contributed by atoms with Crippen molar-refractivity contribution in [2.45, 2.75) is 11.4 Å². The zero-order valence-corrected chi connectivity index (χ0v) is 13.3. The normalized spacial score (nSPS) is 10.4. The van der Waals surface area contributed by atoms with Crippen LogP contribution in [0.2, 0.25) is 10.0 Å². The van der Waals surface area contributed by atoms with Gasteiger partial charge in [-0.2, -0.15) is 0 Å². The van der Waals surface area contributed by atoms with Crippen LogP contribution in [0.15, 0.2) is 41.6 Å². The summed E-state index contributed by atoms with van der Waals surface area (Å²) in [6.07, 6.45) is 2.00. The topological polar surface area (TPSA) is 68.0 Å².